The Labute approximate surface area is 130 Å². The SMILES string of the molecule is CC(=O)Nc1ccc(N(CC(=O)N2CCCC2)C(C)=O)cc1. The van der Waals surface area contributed by atoms with Crippen molar-refractivity contribution in [2.75, 3.05) is 29.9 Å². The summed E-state index contributed by atoms with van der Waals surface area (Å²) in [5.74, 6) is -0.362. The van der Waals surface area contributed by atoms with Gasteiger partial charge in [0.15, 0.2) is 0 Å². The van der Waals surface area contributed by atoms with Crippen molar-refractivity contribution in [1.29, 1.82) is 0 Å². The van der Waals surface area contributed by atoms with Crippen LogP contribution in [0.1, 0.15) is 26.7 Å². The molecule has 0 bridgehead atoms. The Bertz CT molecular complexity index is 563. The highest BCUT2D eigenvalue weighted by atomic mass is 16.2. The van der Waals surface area contributed by atoms with Crippen LogP contribution in [0.2, 0.25) is 0 Å². The van der Waals surface area contributed by atoms with E-state index in [1.54, 1.807) is 29.2 Å². The molecule has 0 atom stereocenters. The Kier molecular flexibility index (Phi) is 5.14. The van der Waals surface area contributed by atoms with E-state index in [2.05, 4.69) is 5.32 Å². The average Bonchev–Trinajstić information content (AvgIpc) is 2.99. The lowest BCUT2D eigenvalue weighted by atomic mass is 10.2. The van der Waals surface area contributed by atoms with Crippen molar-refractivity contribution in [2.24, 2.45) is 0 Å². The molecule has 1 fully saturated rings. The van der Waals surface area contributed by atoms with Crippen molar-refractivity contribution in [3.05, 3.63) is 24.3 Å². The van der Waals surface area contributed by atoms with Gasteiger partial charge in [0.2, 0.25) is 17.7 Å². The Hall–Kier alpha value is -2.37. The summed E-state index contributed by atoms with van der Waals surface area (Å²) in [6, 6.07) is 6.88. The molecule has 0 aromatic heterocycles. The minimum absolute atomic E-state index is 0.0290. The smallest absolute Gasteiger partial charge is 0.242 e. The van der Waals surface area contributed by atoms with Crippen molar-refractivity contribution in [3.63, 3.8) is 0 Å². The molecule has 1 saturated heterocycles. The number of carbonyl (C=O) groups excluding carboxylic acids is 3. The summed E-state index contributed by atoms with van der Waals surface area (Å²) in [6.07, 6.45) is 2.05. The monoisotopic (exact) mass is 303 g/mol. The van der Waals surface area contributed by atoms with Crippen LogP contribution in [0.3, 0.4) is 0 Å². The quantitative estimate of drug-likeness (QED) is 0.919. The molecule has 1 aromatic carbocycles. The summed E-state index contributed by atoms with van der Waals surface area (Å²) in [7, 11) is 0. The second kappa shape index (κ2) is 7.06. The topological polar surface area (TPSA) is 69.7 Å². The Balaban J connectivity index is 2.08. The van der Waals surface area contributed by atoms with Gasteiger partial charge in [-0.25, -0.2) is 0 Å². The minimum Gasteiger partial charge on any atom is -0.341 e. The molecular formula is C16H21N3O3. The summed E-state index contributed by atoms with van der Waals surface area (Å²) in [5, 5.41) is 2.67. The fourth-order valence-corrected chi connectivity index (χ4v) is 2.51. The van der Waals surface area contributed by atoms with Crippen LogP contribution in [-0.2, 0) is 14.4 Å². The molecule has 2 rings (SSSR count). The first-order valence-electron chi connectivity index (χ1n) is 7.41. The van der Waals surface area contributed by atoms with Gasteiger partial charge < -0.3 is 15.1 Å². The fourth-order valence-electron chi connectivity index (χ4n) is 2.51. The van der Waals surface area contributed by atoms with Gasteiger partial charge in [0.1, 0.15) is 6.54 Å². The first-order valence-corrected chi connectivity index (χ1v) is 7.41. The van der Waals surface area contributed by atoms with Crippen molar-refractivity contribution >= 4 is 29.1 Å². The molecule has 1 aliphatic heterocycles. The van der Waals surface area contributed by atoms with Gasteiger partial charge in [0.25, 0.3) is 0 Å². The molecule has 0 unspecified atom stereocenters. The standard InChI is InChI=1S/C16H21N3O3/c1-12(20)17-14-5-7-15(8-6-14)19(13(2)21)11-16(22)18-9-3-4-10-18/h5-8H,3-4,9-11H2,1-2H3,(H,17,20). The van der Waals surface area contributed by atoms with Crippen molar-refractivity contribution in [1.82, 2.24) is 4.90 Å². The van der Waals surface area contributed by atoms with Crippen LogP contribution in [0.25, 0.3) is 0 Å². The second-order valence-electron chi connectivity index (χ2n) is 5.42. The molecule has 0 radical (unpaired) electrons. The molecule has 3 amide bonds. The van der Waals surface area contributed by atoms with Gasteiger partial charge in [-0.05, 0) is 37.1 Å². The van der Waals surface area contributed by atoms with E-state index in [1.165, 1.54) is 18.7 Å². The zero-order chi connectivity index (χ0) is 16.1. The van der Waals surface area contributed by atoms with E-state index in [-0.39, 0.29) is 24.3 Å². The molecule has 22 heavy (non-hydrogen) atoms. The second-order valence-corrected chi connectivity index (χ2v) is 5.42. The number of carbonyl (C=O) groups is 3. The molecule has 6 nitrogen and oxygen atoms in total. The lowest BCUT2D eigenvalue weighted by Crippen LogP contribution is -2.41. The number of amides is 3. The third-order valence-electron chi connectivity index (χ3n) is 3.63. The number of hydrogen-bond acceptors (Lipinski definition) is 3. The number of hydrogen-bond donors (Lipinski definition) is 1. The summed E-state index contributed by atoms with van der Waals surface area (Å²) in [6.45, 7) is 4.47. The zero-order valence-electron chi connectivity index (χ0n) is 13.0. The molecule has 1 aliphatic rings. The number of benzene rings is 1. The molecule has 1 N–H and O–H groups in total. The number of likely N-dealkylation sites (tertiary alicyclic amines) is 1. The zero-order valence-corrected chi connectivity index (χ0v) is 13.0. The Morgan fingerprint density at radius 3 is 2.18 bits per heavy atom. The molecule has 6 heteroatoms. The lowest BCUT2D eigenvalue weighted by molar-refractivity contribution is -0.130. The van der Waals surface area contributed by atoms with E-state index in [4.69, 9.17) is 0 Å². The van der Waals surface area contributed by atoms with Crippen LogP contribution in [0.4, 0.5) is 11.4 Å². The minimum atomic E-state index is -0.181. The van der Waals surface area contributed by atoms with E-state index in [0.717, 1.165) is 25.9 Å². The third kappa shape index (κ3) is 4.07. The summed E-state index contributed by atoms with van der Waals surface area (Å²) >= 11 is 0. The van der Waals surface area contributed by atoms with Crippen LogP contribution < -0.4 is 10.2 Å². The van der Waals surface area contributed by atoms with Gasteiger partial charge in [0.05, 0.1) is 0 Å². The third-order valence-corrected chi connectivity index (χ3v) is 3.63. The highest BCUT2D eigenvalue weighted by molar-refractivity contribution is 5.98. The number of nitrogens with one attached hydrogen (secondary N) is 1. The molecule has 1 aromatic rings. The number of nitrogens with zero attached hydrogens (tertiary/aromatic N) is 2. The van der Waals surface area contributed by atoms with Crippen molar-refractivity contribution in [2.45, 2.75) is 26.7 Å². The van der Waals surface area contributed by atoms with Crippen LogP contribution >= 0.6 is 0 Å². The summed E-state index contributed by atoms with van der Waals surface area (Å²) in [4.78, 5) is 38.3. The highest BCUT2D eigenvalue weighted by Gasteiger charge is 2.22. The predicted molar refractivity (Wildman–Crippen MR) is 84.6 cm³/mol. The van der Waals surface area contributed by atoms with Gasteiger partial charge in [-0.15, -0.1) is 0 Å². The van der Waals surface area contributed by atoms with Gasteiger partial charge in [-0.1, -0.05) is 0 Å². The molecule has 1 heterocycles. The molecule has 0 spiro atoms. The van der Waals surface area contributed by atoms with Crippen LogP contribution in [0, 0.1) is 0 Å². The van der Waals surface area contributed by atoms with E-state index in [1.807, 2.05) is 0 Å². The molecular weight excluding hydrogens is 282 g/mol. The lowest BCUT2D eigenvalue weighted by Gasteiger charge is -2.24. The maximum absolute atomic E-state index is 12.2. The first kappa shape index (κ1) is 16.0. The average molecular weight is 303 g/mol. The van der Waals surface area contributed by atoms with E-state index >= 15 is 0 Å². The molecule has 118 valence electrons. The van der Waals surface area contributed by atoms with Crippen molar-refractivity contribution in [3.8, 4) is 0 Å². The Morgan fingerprint density at radius 1 is 1.09 bits per heavy atom. The van der Waals surface area contributed by atoms with Gasteiger partial charge >= 0.3 is 0 Å². The van der Waals surface area contributed by atoms with Gasteiger partial charge in [0, 0.05) is 38.3 Å². The fraction of sp³-hybridized carbons (Fsp3) is 0.438. The van der Waals surface area contributed by atoms with E-state index in [0.29, 0.717) is 11.4 Å². The van der Waals surface area contributed by atoms with E-state index < -0.39 is 0 Å². The highest BCUT2D eigenvalue weighted by Crippen LogP contribution is 2.19. The van der Waals surface area contributed by atoms with Crippen LogP contribution in [0.5, 0.6) is 0 Å². The predicted octanol–water partition coefficient (Wildman–Crippen LogP) is 1.62. The van der Waals surface area contributed by atoms with Gasteiger partial charge in [-0.3, -0.25) is 14.4 Å². The maximum Gasteiger partial charge on any atom is 0.242 e. The van der Waals surface area contributed by atoms with Crippen LogP contribution in [-0.4, -0.2) is 42.3 Å². The largest absolute Gasteiger partial charge is 0.341 e. The van der Waals surface area contributed by atoms with Crippen molar-refractivity contribution < 1.29 is 14.4 Å². The van der Waals surface area contributed by atoms with Gasteiger partial charge in [-0.2, -0.15) is 0 Å². The maximum atomic E-state index is 12.2. The molecule has 0 saturated carbocycles. The van der Waals surface area contributed by atoms with Crippen LogP contribution in [0.15, 0.2) is 24.3 Å². The Morgan fingerprint density at radius 2 is 1.68 bits per heavy atom. The molecule has 0 aliphatic carbocycles. The normalized spacial score (nSPS) is 13.8. The summed E-state index contributed by atoms with van der Waals surface area (Å²) in [5.41, 5.74) is 1.31. The summed E-state index contributed by atoms with van der Waals surface area (Å²) < 4.78 is 0. The number of anilines is 2. The number of rotatable bonds is 4. The first-order chi connectivity index (χ1) is 10.5. The van der Waals surface area contributed by atoms with E-state index in [9.17, 15) is 14.4 Å².